The molecule has 0 heterocycles. The fourth-order valence-corrected chi connectivity index (χ4v) is 4.09. The monoisotopic (exact) mass is 460 g/mol. The van der Waals surface area contributed by atoms with Gasteiger partial charge in [-0.05, 0) is 58.1 Å². The molecule has 0 saturated heterocycles. The fraction of sp³-hybridized carbons (Fsp3) is 0.0345. The van der Waals surface area contributed by atoms with Gasteiger partial charge in [0.05, 0.1) is 0 Å². The van der Waals surface area contributed by atoms with Crippen LogP contribution in [-0.4, -0.2) is 0 Å². The molecule has 5 aromatic rings. The molecule has 5 aromatic carbocycles. The molecule has 0 amide bonds. The van der Waals surface area contributed by atoms with Crippen molar-refractivity contribution in [1.29, 1.82) is 0 Å². The van der Waals surface area contributed by atoms with Gasteiger partial charge in [-0.1, -0.05) is 72.3 Å². The first-order chi connectivity index (χ1) is 16.3. The molecule has 168 valence electrons. The normalized spacial score (nSPS) is 11.2. The summed E-state index contributed by atoms with van der Waals surface area (Å²) in [5, 5.41) is 2.24. The van der Waals surface area contributed by atoms with Crippen molar-refractivity contribution in [2.24, 2.45) is 0 Å². The van der Waals surface area contributed by atoms with Crippen molar-refractivity contribution < 1.29 is 22.0 Å². The molecular formula is C29H17F5. The topological polar surface area (TPSA) is 0 Å². The standard InChI is InChI=1S/C29H17F5/c1-16-2-3-21-13-20(9-8-19(21)12-16)17-4-6-18(7-5-17)23-10-11-24(28(33)27(23)32)22-14-25(30)29(34)26(31)15-22/h2-15H,1H3. The molecule has 0 fully saturated rings. The summed E-state index contributed by atoms with van der Waals surface area (Å²) < 4.78 is 70.0. The number of hydrogen-bond donors (Lipinski definition) is 0. The lowest BCUT2D eigenvalue weighted by Gasteiger charge is -2.11. The second kappa shape index (κ2) is 8.41. The highest BCUT2D eigenvalue weighted by atomic mass is 19.2. The highest BCUT2D eigenvalue weighted by Gasteiger charge is 2.19. The van der Waals surface area contributed by atoms with Gasteiger partial charge in [-0.25, -0.2) is 22.0 Å². The van der Waals surface area contributed by atoms with E-state index in [4.69, 9.17) is 0 Å². The third kappa shape index (κ3) is 3.83. The second-order valence-electron chi connectivity index (χ2n) is 8.19. The predicted octanol–water partition coefficient (Wildman–Crippen LogP) is 8.84. The van der Waals surface area contributed by atoms with Crippen molar-refractivity contribution in [2.75, 3.05) is 0 Å². The van der Waals surface area contributed by atoms with Crippen molar-refractivity contribution in [3.05, 3.63) is 120 Å². The van der Waals surface area contributed by atoms with Gasteiger partial charge < -0.3 is 0 Å². The van der Waals surface area contributed by atoms with Gasteiger partial charge in [-0.2, -0.15) is 0 Å². The number of halogens is 5. The predicted molar refractivity (Wildman–Crippen MR) is 125 cm³/mol. The number of hydrogen-bond acceptors (Lipinski definition) is 0. The minimum atomic E-state index is -1.66. The quantitative estimate of drug-likeness (QED) is 0.186. The maximum Gasteiger partial charge on any atom is 0.194 e. The van der Waals surface area contributed by atoms with Gasteiger partial charge in [-0.3, -0.25) is 0 Å². The van der Waals surface area contributed by atoms with Gasteiger partial charge in [0, 0.05) is 11.1 Å². The van der Waals surface area contributed by atoms with Crippen molar-refractivity contribution in [3.8, 4) is 33.4 Å². The Balaban J connectivity index is 1.49. The molecule has 34 heavy (non-hydrogen) atoms. The third-order valence-electron chi connectivity index (χ3n) is 5.90. The van der Waals surface area contributed by atoms with Gasteiger partial charge >= 0.3 is 0 Å². The molecule has 0 aromatic heterocycles. The average Bonchev–Trinajstić information content (AvgIpc) is 2.84. The van der Waals surface area contributed by atoms with Crippen molar-refractivity contribution >= 4 is 10.8 Å². The molecule has 0 aliphatic carbocycles. The zero-order valence-corrected chi connectivity index (χ0v) is 18.0. The molecule has 0 nitrogen and oxygen atoms in total. The van der Waals surface area contributed by atoms with Crippen LogP contribution in [0, 0.1) is 36.0 Å². The van der Waals surface area contributed by atoms with Crippen molar-refractivity contribution in [2.45, 2.75) is 6.92 Å². The lowest BCUT2D eigenvalue weighted by molar-refractivity contribution is 0.447. The minimum Gasteiger partial charge on any atom is -0.204 e. The van der Waals surface area contributed by atoms with E-state index in [9.17, 15) is 22.0 Å². The maximum atomic E-state index is 14.9. The van der Waals surface area contributed by atoms with Crippen LogP contribution in [0.1, 0.15) is 5.56 Å². The van der Waals surface area contributed by atoms with E-state index in [1.165, 1.54) is 17.7 Å². The summed E-state index contributed by atoms with van der Waals surface area (Å²) in [7, 11) is 0. The molecule has 5 heteroatoms. The van der Waals surface area contributed by atoms with Crippen LogP contribution in [0.15, 0.2) is 84.9 Å². The van der Waals surface area contributed by atoms with E-state index in [0.29, 0.717) is 17.7 Å². The molecule has 0 saturated carbocycles. The minimum absolute atomic E-state index is 0.00448. The maximum absolute atomic E-state index is 14.9. The zero-order valence-electron chi connectivity index (χ0n) is 18.0. The number of benzene rings is 5. The Hall–Kier alpha value is -3.99. The molecule has 0 N–H and O–H groups in total. The summed E-state index contributed by atoms with van der Waals surface area (Å²) in [6.07, 6.45) is 0. The Morgan fingerprint density at radius 3 is 1.56 bits per heavy atom. The lowest BCUT2D eigenvalue weighted by atomic mass is 9.96. The van der Waals surface area contributed by atoms with Gasteiger partial charge in [0.2, 0.25) is 0 Å². The molecule has 0 radical (unpaired) electrons. The third-order valence-corrected chi connectivity index (χ3v) is 5.90. The number of rotatable bonds is 3. The Labute approximate surface area is 192 Å². The summed E-state index contributed by atoms with van der Waals surface area (Å²) in [5.41, 5.74) is 2.89. The first-order valence-corrected chi connectivity index (χ1v) is 10.6. The molecule has 0 aliphatic heterocycles. The Morgan fingerprint density at radius 2 is 0.912 bits per heavy atom. The second-order valence-corrected chi connectivity index (χ2v) is 8.19. The van der Waals surface area contributed by atoms with Gasteiger partial charge in [0.25, 0.3) is 0 Å². The summed E-state index contributed by atoms with van der Waals surface area (Å²) in [5.74, 6) is -7.03. The van der Waals surface area contributed by atoms with Crippen LogP contribution in [0.25, 0.3) is 44.2 Å². The van der Waals surface area contributed by atoms with Crippen LogP contribution in [-0.2, 0) is 0 Å². The summed E-state index contributed by atoms with van der Waals surface area (Å²) in [6, 6.07) is 23.2. The van der Waals surface area contributed by atoms with E-state index in [1.54, 1.807) is 12.1 Å². The Bertz CT molecular complexity index is 1530. The first-order valence-electron chi connectivity index (χ1n) is 10.6. The molecule has 5 rings (SSSR count). The van der Waals surface area contributed by atoms with Crippen LogP contribution < -0.4 is 0 Å². The van der Waals surface area contributed by atoms with Gasteiger partial charge in [0.1, 0.15) is 0 Å². The molecular weight excluding hydrogens is 443 g/mol. The highest BCUT2D eigenvalue weighted by Crippen LogP contribution is 2.34. The van der Waals surface area contributed by atoms with E-state index in [2.05, 4.69) is 18.2 Å². The number of aryl methyl sites for hydroxylation is 1. The fourth-order valence-electron chi connectivity index (χ4n) is 4.09. The Kier molecular flexibility index (Phi) is 5.40. The molecule has 0 aliphatic rings. The first kappa shape index (κ1) is 21.8. The molecule has 0 bridgehead atoms. The van der Waals surface area contributed by atoms with E-state index < -0.39 is 29.1 Å². The smallest absolute Gasteiger partial charge is 0.194 e. The summed E-state index contributed by atoms with van der Waals surface area (Å²) in [6.45, 7) is 2.04. The van der Waals surface area contributed by atoms with Crippen LogP contribution in [0.4, 0.5) is 22.0 Å². The van der Waals surface area contributed by atoms with Crippen LogP contribution in [0.3, 0.4) is 0 Å². The van der Waals surface area contributed by atoms with E-state index >= 15 is 0 Å². The van der Waals surface area contributed by atoms with Gasteiger partial charge in [0.15, 0.2) is 29.1 Å². The largest absolute Gasteiger partial charge is 0.204 e. The van der Waals surface area contributed by atoms with Crippen molar-refractivity contribution in [3.63, 3.8) is 0 Å². The van der Waals surface area contributed by atoms with E-state index in [-0.39, 0.29) is 16.7 Å². The molecule has 0 unspecified atom stereocenters. The molecule has 0 atom stereocenters. The zero-order chi connectivity index (χ0) is 24.0. The van der Waals surface area contributed by atoms with Crippen molar-refractivity contribution in [1.82, 2.24) is 0 Å². The van der Waals surface area contributed by atoms with Crippen LogP contribution in [0.5, 0.6) is 0 Å². The number of fused-ring (bicyclic) bond motifs is 1. The Morgan fingerprint density at radius 1 is 0.412 bits per heavy atom. The van der Waals surface area contributed by atoms with Crippen LogP contribution >= 0.6 is 0 Å². The molecule has 0 spiro atoms. The van der Waals surface area contributed by atoms with Crippen LogP contribution in [0.2, 0.25) is 0 Å². The van der Waals surface area contributed by atoms with E-state index in [0.717, 1.165) is 21.9 Å². The lowest BCUT2D eigenvalue weighted by Crippen LogP contribution is -1.97. The summed E-state index contributed by atoms with van der Waals surface area (Å²) >= 11 is 0. The SMILES string of the molecule is Cc1ccc2cc(-c3ccc(-c4ccc(-c5cc(F)c(F)c(F)c5)c(F)c4F)cc3)ccc2c1. The summed E-state index contributed by atoms with van der Waals surface area (Å²) in [4.78, 5) is 0. The average molecular weight is 460 g/mol. The van der Waals surface area contributed by atoms with Gasteiger partial charge in [-0.15, -0.1) is 0 Å². The highest BCUT2D eigenvalue weighted by molar-refractivity contribution is 5.88. The van der Waals surface area contributed by atoms with E-state index in [1.807, 2.05) is 37.3 Å².